The molecule has 1 rings (SSSR count). The minimum absolute atomic E-state index is 0. The van der Waals surface area contributed by atoms with Gasteiger partial charge in [-0.1, -0.05) is 39.0 Å². The van der Waals surface area contributed by atoms with Crippen molar-refractivity contribution >= 4 is 10.1 Å². The van der Waals surface area contributed by atoms with E-state index in [4.69, 9.17) is 9.29 Å². The molecule has 0 aliphatic rings. The molecule has 0 atom stereocenters. The van der Waals surface area contributed by atoms with Gasteiger partial charge in [-0.25, -0.2) is 0 Å². The van der Waals surface area contributed by atoms with E-state index in [1.54, 1.807) is 12.1 Å². The smallest absolute Gasteiger partial charge is 1.00 e. The molecule has 4 nitrogen and oxygen atoms in total. The fourth-order valence-corrected chi connectivity index (χ4v) is 2.26. The number of hydrogen-bond acceptors (Lipinski definition) is 3. The fraction of sp³-hybridized carbons (Fsp3) is 0.571. The summed E-state index contributed by atoms with van der Waals surface area (Å²) < 4.78 is 36.0. The van der Waals surface area contributed by atoms with Crippen LogP contribution in [0.1, 0.15) is 46.9 Å². The summed E-state index contributed by atoms with van der Waals surface area (Å²) in [7, 11) is -4.11. The van der Waals surface area contributed by atoms with Crippen LogP contribution in [0, 0.1) is 0 Å². The monoisotopic (exact) mass is 310 g/mol. The molecule has 6 heteroatoms. The average Bonchev–Trinajstić information content (AvgIpc) is 2.37. The Bertz CT molecular complexity index is 462. The molecule has 0 spiro atoms. The molecule has 0 radical (unpaired) electrons. The van der Waals surface area contributed by atoms with Gasteiger partial charge in [-0.15, -0.1) is 0 Å². The maximum atomic E-state index is 10.8. The molecule has 0 amide bonds. The first-order valence-corrected chi connectivity index (χ1v) is 8.18. The van der Waals surface area contributed by atoms with Crippen molar-refractivity contribution in [1.29, 1.82) is 0 Å². The van der Waals surface area contributed by atoms with Crippen molar-refractivity contribution in [3.05, 3.63) is 24.3 Å². The van der Waals surface area contributed by atoms with E-state index in [2.05, 4.69) is 6.92 Å². The number of ether oxygens (including phenoxy) is 1. The minimum Gasteiger partial charge on any atom is -1.00 e. The summed E-state index contributed by atoms with van der Waals surface area (Å²) >= 11 is 0. The third kappa shape index (κ3) is 8.27. The van der Waals surface area contributed by atoms with Crippen LogP contribution in [0.15, 0.2) is 29.2 Å². The van der Waals surface area contributed by atoms with Gasteiger partial charge in [-0.2, -0.15) is 8.42 Å². The zero-order valence-corrected chi connectivity index (χ0v) is 15.2. The Hall–Kier alpha value is -0.0700. The Labute approximate surface area is 145 Å². The van der Waals surface area contributed by atoms with E-state index < -0.39 is 10.1 Å². The Morgan fingerprint density at radius 1 is 1.05 bits per heavy atom. The van der Waals surface area contributed by atoms with E-state index in [0.717, 1.165) is 12.8 Å². The molecule has 110 valence electrons. The molecule has 1 aromatic rings. The molecule has 0 aliphatic heterocycles. The molecule has 0 saturated carbocycles. The largest absolute Gasteiger partial charge is 1.00 e. The number of unbranched alkanes of at least 4 members (excludes halogenated alkanes) is 5. The second-order valence-electron chi connectivity index (χ2n) is 4.56. The first kappa shape index (κ1) is 19.9. The second kappa shape index (κ2) is 10.6. The number of rotatable bonds is 9. The molecule has 1 aromatic carbocycles. The van der Waals surface area contributed by atoms with Gasteiger partial charge in [0.1, 0.15) is 5.75 Å². The summed E-state index contributed by atoms with van der Waals surface area (Å²) in [6, 6.07) is 5.79. The topological polar surface area (TPSA) is 63.6 Å². The Kier molecular flexibility index (Phi) is 10.6. The summed E-state index contributed by atoms with van der Waals surface area (Å²) in [5.41, 5.74) is 0. The third-order valence-electron chi connectivity index (χ3n) is 2.89. The summed E-state index contributed by atoms with van der Waals surface area (Å²) in [5.74, 6) is 0.626. The minimum atomic E-state index is -4.11. The maximum absolute atomic E-state index is 10.8. The van der Waals surface area contributed by atoms with Crippen LogP contribution in [0.4, 0.5) is 0 Å². The molecule has 0 heterocycles. The molecule has 20 heavy (non-hydrogen) atoms. The van der Waals surface area contributed by atoms with E-state index in [-0.39, 0.29) is 35.9 Å². The van der Waals surface area contributed by atoms with Crippen molar-refractivity contribution in [1.82, 2.24) is 0 Å². The first-order chi connectivity index (χ1) is 9.04. The summed E-state index contributed by atoms with van der Waals surface area (Å²) in [6.07, 6.45) is 7.21. The molecule has 0 unspecified atom stereocenters. The molecular weight excluding hydrogens is 287 g/mol. The van der Waals surface area contributed by atoms with Gasteiger partial charge in [-0.05, 0) is 30.7 Å². The van der Waals surface area contributed by atoms with Crippen LogP contribution in [0.25, 0.3) is 0 Å². The van der Waals surface area contributed by atoms with Gasteiger partial charge >= 0.3 is 29.6 Å². The van der Waals surface area contributed by atoms with Crippen LogP contribution >= 0.6 is 0 Å². The quantitative estimate of drug-likeness (QED) is 0.416. The average molecular weight is 310 g/mol. The van der Waals surface area contributed by atoms with Crippen molar-refractivity contribution in [2.45, 2.75) is 50.3 Å². The van der Waals surface area contributed by atoms with Gasteiger partial charge in [-0.3, -0.25) is 4.55 Å². The molecule has 0 saturated heterocycles. The molecule has 0 aliphatic carbocycles. The van der Waals surface area contributed by atoms with Crippen LogP contribution < -0.4 is 34.3 Å². The van der Waals surface area contributed by atoms with Crippen molar-refractivity contribution in [2.75, 3.05) is 6.61 Å². The SMILES string of the molecule is CCCCCCCCOc1ccc(S(=O)(=O)O)cc1.[H-].[Na+]. The van der Waals surface area contributed by atoms with Gasteiger partial charge in [0.25, 0.3) is 10.1 Å². The zero-order valence-electron chi connectivity index (χ0n) is 13.3. The van der Waals surface area contributed by atoms with Crippen LogP contribution in [0.5, 0.6) is 5.75 Å². The van der Waals surface area contributed by atoms with Crippen LogP contribution in [0.2, 0.25) is 0 Å². The molecule has 0 bridgehead atoms. The molecule has 0 aromatic heterocycles. The van der Waals surface area contributed by atoms with Crippen LogP contribution in [0.3, 0.4) is 0 Å². The predicted octanol–water partition coefficient (Wildman–Crippen LogP) is 0.789. The molecule has 1 N–H and O–H groups in total. The summed E-state index contributed by atoms with van der Waals surface area (Å²) in [4.78, 5) is -0.112. The third-order valence-corrected chi connectivity index (χ3v) is 3.76. The fourth-order valence-electron chi connectivity index (χ4n) is 1.78. The van der Waals surface area contributed by atoms with Crippen LogP contribution in [-0.4, -0.2) is 19.6 Å². The molecular formula is C14H23NaO4S. The van der Waals surface area contributed by atoms with Crippen molar-refractivity contribution < 1.29 is 48.7 Å². The molecule has 0 fully saturated rings. The van der Waals surface area contributed by atoms with E-state index in [1.165, 1.54) is 37.8 Å². The standard InChI is InChI=1S/C14H22O4S.Na.H/c1-2-3-4-5-6-7-12-18-13-8-10-14(11-9-13)19(15,16)17;;/h8-11H,2-7,12H2,1H3,(H,15,16,17);;/q;+1;-1. The maximum Gasteiger partial charge on any atom is 1.00 e. The Balaban J connectivity index is 0. The Morgan fingerprint density at radius 3 is 2.15 bits per heavy atom. The van der Waals surface area contributed by atoms with Crippen molar-refractivity contribution in [3.8, 4) is 5.75 Å². The van der Waals surface area contributed by atoms with Gasteiger partial charge in [0.05, 0.1) is 11.5 Å². The van der Waals surface area contributed by atoms with E-state index in [1.807, 2.05) is 0 Å². The van der Waals surface area contributed by atoms with Crippen LogP contribution in [-0.2, 0) is 10.1 Å². The van der Waals surface area contributed by atoms with E-state index in [0.29, 0.717) is 12.4 Å². The van der Waals surface area contributed by atoms with Crippen molar-refractivity contribution in [2.24, 2.45) is 0 Å². The van der Waals surface area contributed by atoms with E-state index >= 15 is 0 Å². The second-order valence-corrected chi connectivity index (χ2v) is 5.98. The van der Waals surface area contributed by atoms with E-state index in [9.17, 15) is 8.42 Å². The zero-order chi connectivity index (χ0) is 14.1. The number of hydrogen-bond donors (Lipinski definition) is 1. The first-order valence-electron chi connectivity index (χ1n) is 6.74. The normalized spacial score (nSPS) is 10.9. The van der Waals surface area contributed by atoms with Gasteiger partial charge < -0.3 is 6.16 Å². The van der Waals surface area contributed by atoms with Gasteiger partial charge in [0, 0.05) is 0 Å². The predicted molar refractivity (Wildman–Crippen MR) is 76.2 cm³/mol. The Morgan fingerprint density at radius 2 is 1.60 bits per heavy atom. The van der Waals surface area contributed by atoms with Gasteiger partial charge in [0.15, 0.2) is 0 Å². The van der Waals surface area contributed by atoms with Gasteiger partial charge in [0.2, 0.25) is 0 Å². The summed E-state index contributed by atoms with van der Waals surface area (Å²) in [5, 5.41) is 0. The number of benzene rings is 1. The summed E-state index contributed by atoms with van der Waals surface area (Å²) in [6.45, 7) is 2.83. The van der Waals surface area contributed by atoms with Crippen molar-refractivity contribution in [3.63, 3.8) is 0 Å².